The van der Waals surface area contributed by atoms with Gasteiger partial charge in [-0.05, 0) is 116 Å². The van der Waals surface area contributed by atoms with Gasteiger partial charge in [-0.25, -0.2) is 0 Å². The molecule has 4 aliphatic carbocycles. The van der Waals surface area contributed by atoms with Crippen LogP contribution in [0.1, 0.15) is 91.9 Å². The van der Waals surface area contributed by atoms with E-state index in [4.69, 9.17) is 14.5 Å². The van der Waals surface area contributed by atoms with Crippen LogP contribution in [0.2, 0.25) is 0 Å². The lowest BCUT2D eigenvalue weighted by Gasteiger charge is -2.62. The Morgan fingerprint density at radius 3 is 2.34 bits per heavy atom. The lowest BCUT2D eigenvalue weighted by molar-refractivity contribution is -0.317. The van der Waals surface area contributed by atoms with Crippen molar-refractivity contribution >= 4 is 5.71 Å². The first kappa shape index (κ1) is 30.4. The second-order valence-electron chi connectivity index (χ2n) is 15.5. The lowest BCUT2D eigenvalue weighted by Crippen LogP contribution is -2.61. The summed E-state index contributed by atoms with van der Waals surface area (Å²) >= 11 is 0. The molecule has 6 aliphatic rings. The zero-order valence-corrected chi connectivity index (χ0v) is 25.6. The zero-order chi connectivity index (χ0) is 29.3. The second-order valence-corrected chi connectivity index (χ2v) is 15.5. The summed E-state index contributed by atoms with van der Waals surface area (Å²) in [5.41, 5.74) is 1.83. The van der Waals surface area contributed by atoms with Crippen molar-refractivity contribution in [3.63, 3.8) is 0 Å². The molecule has 2 aliphatic heterocycles. The van der Waals surface area contributed by atoms with Gasteiger partial charge in [0, 0.05) is 12.3 Å². The monoisotopic (exact) mass is 577 g/mol. The van der Waals surface area contributed by atoms with Crippen LogP contribution >= 0.6 is 0 Å². The normalized spacial score (nSPS) is 54.5. The Hall–Kier alpha value is -0.610. The lowest BCUT2D eigenvalue weighted by atomic mass is 9.43. The number of hydrogen-bond acceptors (Lipinski definition) is 8. The standard InChI is InChI=1S/C33H55NO7/c1-17-5-8-25(34-15-17)18(2)21-6-7-22-20-14-26(36)24-13-19(9-11-33(24,4)23(20)10-12-32(21,22)3)40-31-30(39)29(38)28(37)27(16-35)41-31/h17-24,26-31,35-39H,5-16H2,1-4H3/t17-,18+,19+,20+,21-,22+,23+,24-,26-,27-,28-,29+,30-,31-,32-,33-/m1/s1. The fourth-order valence-electron chi connectivity index (χ4n) is 11.1. The molecule has 0 amide bonds. The van der Waals surface area contributed by atoms with Crippen LogP contribution in [0.4, 0.5) is 0 Å². The first-order valence-electron chi connectivity index (χ1n) is 16.6. The molecule has 8 nitrogen and oxygen atoms in total. The minimum atomic E-state index is -1.44. The maximum Gasteiger partial charge on any atom is 0.186 e. The van der Waals surface area contributed by atoms with Crippen LogP contribution in [-0.4, -0.2) is 87.3 Å². The summed E-state index contributed by atoms with van der Waals surface area (Å²) in [6, 6.07) is 0. The summed E-state index contributed by atoms with van der Waals surface area (Å²) in [7, 11) is 0. The summed E-state index contributed by atoms with van der Waals surface area (Å²) in [5, 5.41) is 52.1. The number of rotatable bonds is 5. The predicted octanol–water partition coefficient (Wildman–Crippen LogP) is 3.31. The number of hydrogen-bond donors (Lipinski definition) is 5. The predicted molar refractivity (Wildman–Crippen MR) is 155 cm³/mol. The fraction of sp³-hybridized carbons (Fsp3) is 0.970. The van der Waals surface area contributed by atoms with Crippen molar-refractivity contribution in [3.05, 3.63) is 0 Å². The summed E-state index contributed by atoms with van der Waals surface area (Å²) < 4.78 is 11.8. The van der Waals surface area contributed by atoms with E-state index < -0.39 is 37.3 Å². The van der Waals surface area contributed by atoms with E-state index in [1.165, 1.54) is 37.8 Å². The Morgan fingerprint density at radius 1 is 0.902 bits per heavy atom. The largest absolute Gasteiger partial charge is 0.394 e. The first-order chi connectivity index (χ1) is 19.5. The molecular weight excluding hydrogens is 522 g/mol. The van der Waals surface area contributed by atoms with Gasteiger partial charge in [0.2, 0.25) is 0 Å². The van der Waals surface area contributed by atoms with Gasteiger partial charge >= 0.3 is 0 Å². The van der Waals surface area contributed by atoms with Crippen molar-refractivity contribution in [2.24, 2.45) is 57.2 Å². The molecule has 0 spiro atoms. The maximum atomic E-state index is 11.7. The zero-order valence-electron chi connectivity index (χ0n) is 25.6. The Morgan fingerprint density at radius 2 is 1.63 bits per heavy atom. The highest BCUT2D eigenvalue weighted by atomic mass is 16.7. The summed E-state index contributed by atoms with van der Waals surface area (Å²) in [4.78, 5) is 5.05. The molecule has 0 aromatic rings. The highest BCUT2D eigenvalue weighted by molar-refractivity contribution is 5.87. The molecule has 5 fully saturated rings. The molecule has 0 aromatic carbocycles. The minimum absolute atomic E-state index is 0.0478. The molecule has 234 valence electrons. The van der Waals surface area contributed by atoms with Gasteiger partial charge in [0.15, 0.2) is 6.29 Å². The van der Waals surface area contributed by atoms with E-state index in [9.17, 15) is 25.5 Å². The van der Waals surface area contributed by atoms with E-state index in [1.807, 2.05) is 0 Å². The molecule has 8 heteroatoms. The highest BCUT2D eigenvalue weighted by Crippen LogP contribution is 2.68. The number of nitrogens with zero attached hydrogens (tertiary/aromatic N) is 1. The number of aliphatic hydroxyl groups is 5. The highest BCUT2D eigenvalue weighted by Gasteiger charge is 2.63. The average Bonchev–Trinajstić information content (AvgIpc) is 3.31. The Bertz CT molecular complexity index is 975. The third-order valence-electron chi connectivity index (χ3n) is 13.5. The van der Waals surface area contributed by atoms with Crippen molar-refractivity contribution in [2.75, 3.05) is 13.2 Å². The molecule has 0 aromatic heterocycles. The third-order valence-corrected chi connectivity index (χ3v) is 13.5. The molecule has 1 saturated heterocycles. The molecule has 2 heterocycles. The van der Waals surface area contributed by atoms with Gasteiger partial charge in [0.25, 0.3) is 0 Å². The van der Waals surface area contributed by atoms with E-state index in [-0.39, 0.29) is 23.5 Å². The van der Waals surface area contributed by atoms with E-state index in [2.05, 4.69) is 27.7 Å². The molecule has 6 rings (SSSR count). The minimum Gasteiger partial charge on any atom is -0.394 e. The maximum absolute atomic E-state index is 11.7. The molecule has 0 radical (unpaired) electrons. The second kappa shape index (κ2) is 11.4. The molecule has 41 heavy (non-hydrogen) atoms. The Labute approximate surface area is 245 Å². The van der Waals surface area contributed by atoms with Gasteiger partial charge in [0.1, 0.15) is 24.4 Å². The van der Waals surface area contributed by atoms with Gasteiger partial charge < -0.3 is 35.0 Å². The molecule has 4 saturated carbocycles. The average molecular weight is 578 g/mol. The van der Waals surface area contributed by atoms with Crippen molar-refractivity contribution in [2.45, 2.75) is 135 Å². The quantitative estimate of drug-likeness (QED) is 0.317. The van der Waals surface area contributed by atoms with E-state index >= 15 is 0 Å². The number of aliphatic imine (C=N–C) groups is 1. The molecule has 0 bridgehead atoms. The van der Waals surface area contributed by atoms with E-state index in [1.54, 1.807) is 0 Å². The SMILES string of the molecule is C[C@@H]1CCC([C@@H](C)[C@H]2CC[C@H]3[C@@H]4C[C@@H](O)[C@H]5C[C@@H](O[C@@H]6O[C@H](CO)[C@@H](O)[C@H](O)[C@H]6O)CC[C@]5(C)[C@H]4CC[C@]23C)=NC1. The van der Waals surface area contributed by atoms with Crippen LogP contribution in [0, 0.1) is 52.3 Å². The topological polar surface area (TPSA) is 132 Å². The van der Waals surface area contributed by atoms with Crippen LogP contribution in [0.15, 0.2) is 4.99 Å². The molecular formula is C33H55NO7. The first-order valence-corrected chi connectivity index (χ1v) is 16.6. The van der Waals surface area contributed by atoms with Crippen LogP contribution in [0.3, 0.4) is 0 Å². The van der Waals surface area contributed by atoms with E-state index in [0.29, 0.717) is 47.3 Å². The van der Waals surface area contributed by atoms with Gasteiger partial charge in [0.05, 0.1) is 18.8 Å². The van der Waals surface area contributed by atoms with Gasteiger partial charge in [-0.3, -0.25) is 4.99 Å². The number of fused-ring (bicyclic) bond motifs is 5. The van der Waals surface area contributed by atoms with Gasteiger partial charge in [-0.1, -0.05) is 27.7 Å². The third kappa shape index (κ3) is 5.05. The fourth-order valence-corrected chi connectivity index (χ4v) is 11.1. The van der Waals surface area contributed by atoms with Crippen LogP contribution < -0.4 is 0 Å². The van der Waals surface area contributed by atoms with Crippen molar-refractivity contribution in [1.82, 2.24) is 0 Å². The van der Waals surface area contributed by atoms with Crippen LogP contribution in [0.5, 0.6) is 0 Å². The Kier molecular flexibility index (Phi) is 8.45. The summed E-state index contributed by atoms with van der Waals surface area (Å²) in [5.74, 6) is 3.89. The number of ether oxygens (including phenoxy) is 2. The van der Waals surface area contributed by atoms with Gasteiger partial charge in [-0.2, -0.15) is 0 Å². The van der Waals surface area contributed by atoms with Crippen LogP contribution in [0.25, 0.3) is 0 Å². The summed E-state index contributed by atoms with van der Waals surface area (Å²) in [6.45, 7) is 10.3. The Balaban J connectivity index is 1.14. The molecule has 16 atom stereocenters. The molecule has 5 N–H and O–H groups in total. The van der Waals surface area contributed by atoms with Gasteiger partial charge in [-0.15, -0.1) is 0 Å². The summed E-state index contributed by atoms with van der Waals surface area (Å²) in [6.07, 6.45) is 3.87. The van der Waals surface area contributed by atoms with Crippen molar-refractivity contribution in [1.29, 1.82) is 0 Å². The molecule has 0 unspecified atom stereocenters. The van der Waals surface area contributed by atoms with E-state index in [0.717, 1.165) is 32.2 Å². The van der Waals surface area contributed by atoms with Crippen LogP contribution in [-0.2, 0) is 9.47 Å². The number of aliphatic hydroxyl groups excluding tert-OH is 5. The van der Waals surface area contributed by atoms with Crippen molar-refractivity contribution in [3.8, 4) is 0 Å². The smallest absolute Gasteiger partial charge is 0.186 e. The van der Waals surface area contributed by atoms with Crippen molar-refractivity contribution < 1.29 is 35.0 Å².